The molecule has 1 N–H and O–H groups in total. The highest BCUT2D eigenvalue weighted by molar-refractivity contribution is 5.21. The fourth-order valence-corrected chi connectivity index (χ4v) is 3.74. The van der Waals surface area contributed by atoms with Gasteiger partial charge in [-0.25, -0.2) is 0 Å². The Morgan fingerprint density at radius 3 is 2.29 bits per heavy atom. The van der Waals surface area contributed by atoms with Gasteiger partial charge in [0.1, 0.15) is 0 Å². The number of nitrogens with one attached hydrogen (secondary N) is 1. The fraction of sp³-hybridized carbons (Fsp3) is 0.667. The van der Waals surface area contributed by atoms with E-state index in [0.29, 0.717) is 18.2 Å². The maximum absolute atomic E-state index is 5.85. The van der Waals surface area contributed by atoms with Crippen molar-refractivity contribution in [3.05, 3.63) is 35.9 Å². The largest absolute Gasteiger partial charge is 0.373 e. The van der Waals surface area contributed by atoms with E-state index in [-0.39, 0.29) is 5.41 Å². The minimum Gasteiger partial charge on any atom is -0.373 e. The predicted molar refractivity (Wildman–Crippen MR) is 88.5 cm³/mol. The monoisotopic (exact) mass is 290 g/mol. The van der Waals surface area contributed by atoms with Crippen molar-refractivity contribution in [2.75, 3.05) is 26.7 Å². The smallest absolute Gasteiger partial charge is 0.0678 e. The third-order valence-electron chi connectivity index (χ3n) is 4.33. The summed E-state index contributed by atoms with van der Waals surface area (Å²) in [4.78, 5) is 2.55. The van der Waals surface area contributed by atoms with Gasteiger partial charge in [0.05, 0.1) is 12.2 Å². The molecular formula is C18H30N2O. The molecule has 3 heteroatoms. The normalized spacial score (nSPS) is 25.8. The van der Waals surface area contributed by atoms with Crippen LogP contribution in [0.5, 0.6) is 0 Å². The van der Waals surface area contributed by atoms with Crippen molar-refractivity contribution in [3.63, 3.8) is 0 Å². The highest BCUT2D eigenvalue weighted by atomic mass is 16.5. The zero-order valence-corrected chi connectivity index (χ0v) is 14.1. The zero-order valence-electron chi connectivity index (χ0n) is 14.1. The summed E-state index contributed by atoms with van der Waals surface area (Å²) >= 11 is 0. The SMILES string of the molecule is CNC(c1ccccc1)C(C)(C)CN1CC(C)OC(C)C1. The highest BCUT2D eigenvalue weighted by Gasteiger charge is 2.34. The minimum atomic E-state index is 0.160. The molecule has 118 valence electrons. The van der Waals surface area contributed by atoms with Crippen molar-refractivity contribution in [2.24, 2.45) is 5.41 Å². The third-order valence-corrected chi connectivity index (χ3v) is 4.33. The molecule has 1 heterocycles. The number of nitrogens with zero attached hydrogens (tertiary/aromatic N) is 1. The first-order valence-corrected chi connectivity index (χ1v) is 8.02. The topological polar surface area (TPSA) is 24.5 Å². The zero-order chi connectivity index (χ0) is 15.5. The Hall–Kier alpha value is -0.900. The molecule has 1 aromatic rings. The van der Waals surface area contributed by atoms with Crippen LogP contribution in [0.1, 0.15) is 39.3 Å². The Kier molecular flexibility index (Phi) is 5.42. The molecule has 1 aromatic carbocycles. The summed E-state index contributed by atoms with van der Waals surface area (Å²) in [7, 11) is 2.06. The molecule has 3 nitrogen and oxygen atoms in total. The number of benzene rings is 1. The number of hydrogen-bond donors (Lipinski definition) is 1. The Morgan fingerprint density at radius 2 is 1.76 bits per heavy atom. The number of rotatable bonds is 5. The molecule has 0 bridgehead atoms. The van der Waals surface area contributed by atoms with Crippen LogP contribution in [0.4, 0.5) is 0 Å². The quantitative estimate of drug-likeness (QED) is 0.902. The molecule has 0 radical (unpaired) electrons. The van der Waals surface area contributed by atoms with Crippen molar-refractivity contribution < 1.29 is 4.74 Å². The predicted octanol–water partition coefficient (Wildman–Crippen LogP) is 3.08. The Bertz CT molecular complexity index is 422. The Labute approximate surface area is 129 Å². The molecule has 0 spiro atoms. The lowest BCUT2D eigenvalue weighted by Crippen LogP contribution is -2.50. The van der Waals surface area contributed by atoms with Crippen LogP contribution < -0.4 is 5.32 Å². The summed E-state index contributed by atoms with van der Waals surface area (Å²) in [5.74, 6) is 0. The van der Waals surface area contributed by atoms with Crippen LogP contribution in [0.15, 0.2) is 30.3 Å². The van der Waals surface area contributed by atoms with E-state index in [1.807, 2.05) is 0 Å². The van der Waals surface area contributed by atoms with Crippen molar-refractivity contribution in [1.29, 1.82) is 0 Å². The van der Waals surface area contributed by atoms with Crippen molar-refractivity contribution in [2.45, 2.75) is 45.9 Å². The van der Waals surface area contributed by atoms with E-state index in [2.05, 4.69) is 75.3 Å². The summed E-state index contributed by atoms with van der Waals surface area (Å²) in [5.41, 5.74) is 1.52. The lowest BCUT2D eigenvalue weighted by atomic mass is 9.79. The van der Waals surface area contributed by atoms with Crippen molar-refractivity contribution in [1.82, 2.24) is 10.2 Å². The average molecular weight is 290 g/mol. The van der Waals surface area contributed by atoms with Gasteiger partial charge in [0.25, 0.3) is 0 Å². The van der Waals surface area contributed by atoms with E-state index >= 15 is 0 Å². The van der Waals surface area contributed by atoms with Crippen LogP contribution >= 0.6 is 0 Å². The Morgan fingerprint density at radius 1 is 1.19 bits per heavy atom. The first-order valence-electron chi connectivity index (χ1n) is 8.02. The van der Waals surface area contributed by atoms with E-state index in [1.54, 1.807) is 0 Å². The van der Waals surface area contributed by atoms with Crippen molar-refractivity contribution >= 4 is 0 Å². The van der Waals surface area contributed by atoms with Crippen LogP contribution in [0.3, 0.4) is 0 Å². The van der Waals surface area contributed by atoms with E-state index in [4.69, 9.17) is 4.74 Å². The molecule has 3 atom stereocenters. The van der Waals surface area contributed by atoms with E-state index in [1.165, 1.54) is 5.56 Å². The molecular weight excluding hydrogens is 260 g/mol. The number of ether oxygens (including phenoxy) is 1. The number of morpholine rings is 1. The maximum atomic E-state index is 5.85. The molecule has 0 amide bonds. The van der Waals surface area contributed by atoms with Gasteiger partial charge in [0.15, 0.2) is 0 Å². The lowest BCUT2D eigenvalue weighted by molar-refractivity contribution is -0.0777. The van der Waals surface area contributed by atoms with Gasteiger partial charge in [0.2, 0.25) is 0 Å². The summed E-state index contributed by atoms with van der Waals surface area (Å²) in [6.07, 6.45) is 0.656. The average Bonchev–Trinajstić information content (AvgIpc) is 2.38. The second kappa shape index (κ2) is 6.91. The van der Waals surface area contributed by atoms with Crippen LogP contribution in [0, 0.1) is 5.41 Å². The second-order valence-corrected chi connectivity index (χ2v) is 7.07. The van der Waals surface area contributed by atoms with Crippen LogP contribution in [-0.2, 0) is 4.74 Å². The molecule has 0 aliphatic carbocycles. The summed E-state index contributed by atoms with van der Waals surface area (Å²) in [6, 6.07) is 11.1. The van der Waals surface area contributed by atoms with E-state index in [9.17, 15) is 0 Å². The molecule has 2 rings (SSSR count). The summed E-state index contributed by atoms with van der Waals surface area (Å²) in [5, 5.41) is 3.51. The summed E-state index contributed by atoms with van der Waals surface area (Å²) < 4.78 is 5.85. The van der Waals surface area contributed by atoms with Gasteiger partial charge in [0, 0.05) is 25.7 Å². The first-order chi connectivity index (χ1) is 9.92. The maximum Gasteiger partial charge on any atom is 0.0678 e. The third kappa shape index (κ3) is 4.29. The molecule has 1 aliphatic heterocycles. The standard InChI is InChI=1S/C18H30N2O/c1-14-11-20(12-15(2)21-14)13-18(3,4)17(19-5)16-9-7-6-8-10-16/h6-10,14-15,17,19H,11-13H2,1-5H3. The van der Waals surface area contributed by atoms with Gasteiger partial charge in [-0.2, -0.15) is 0 Å². The van der Waals surface area contributed by atoms with Crippen LogP contribution in [0.2, 0.25) is 0 Å². The lowest BCUT2D eigenvalue weighted by Gasteiger charge is -2.43. The van der Waals surface area contributed by atoms with Crippen molar-refractivity contribution in [3.8, 4) is 0 Å². The van der Waals surface area contributed by atoms with Gasteiger partial charge in [-0.05, 0) is 31.9 Å². The van der Waals surface area contributed by atoms with Gasteiger partial charge in [-0.3, -0.25) is 4.90 Å². The van der Waals surface area contributed by atoms with Gasteiger partial charge < -0.3 is 10.1 Å². The van der Waals surface area contributed by atoms with Crippen LogP contribution in [0.25, 0.3) is 0 Å². The van der Waals surface area contributed by atoms with E-state index in [0.717, 1.165) is 19.6 Å². The highest BCUT2D eigenvalue weighted by Crippen LogP contribution is 2.34. The van der Waals surface area contributed by atoms with Crippen LogP contribution in [-0.4, -0.2) is 43.8 Å². The molecule has 0 saturated carbocycles. The molecule has 21 heavy (non-hydrogen) atoms. The number of hydrogen-bond acceptors (Lipinski definition) is 3. The molecule has 3 unspecified atom stereocenters. The van der Waals surface area contributed by atoms with Gasteiger partial charge in [-0.1, -0.05) is 44.2 Å². The minimum absolute atomic E-state index is 0.160. The molecule has 0 aromatic heterocycles. The molecule has 1 aliphatic rings. The summed E-state index contributed by atoms with van der Waals surface area (Å²) in [6.45, 7) is 12.2. The molecule has 1 saturated heterocycles. The van der Waals surface area contributed by atoms with Gasteiger partial charge in [-0.15, -0.1) is 0 Å². The molecule has 1 fully saturated rings. The fourth-order valence-electron chi connectivity index (χ4n) is 3.74. The second-order valence-electron chi connectivity index (χ2n) is 7.07. The Balaban J connectivity index is 2.09. The van der Waals surface area contributed by atoms with E-state index < -0.39 is 0 Å². The van der Waals surface area contributed by atoms with Gasteiger partial charge >= 0.3 is 0 Å². The first kappa shape index (κ1) is 16.5.